The maximum atomic E-state index is 13.1. The Morgan fingerprint density at radius 1 is 1.21 bits per heavy atom. The molecule has 1 amide bonds. The third kappa shape index (κ3) is 4.08. The minimum Gasteiger partial charge on any atom is -0.496 e. The van der Waals surface area contributed by atoms with Gasteiger partial charge < -0.3 is 14.4 Å². The van der Waals surface area contributed by atoms with Crippen LogP contribution in [0.15, 0.2) is 24.3 Å². The van der Waals surface area contributed by atoms with Crippen molar-refractivity contribution in [3.63, 3.8) is 0 Å². The molecule has 1 aromatic rings. The summed E-state index contributed by atoms with van der Waals surface area (Å²) in [6.45, 7) is 5.57. The molecule has 0 aliphatic carbocycles. The first-order valence-electron chi connectivity index (χ1n) is 9.03. The fourth-order valence-electron chi connectivity index (χ4n) is 3.70. The molecule has 132 valence electrons. The number of morpholine rings is 1. The van der Waals surface area contributed by atoms with Crippen LogP contribution in [0.4, 0.5) is 0 Å². The Morgan fingerprint density at radius 2 is 2.00 bits per heavy atom. The molecule has 2 saturated heterocycles. The van der Waals surface area contributed by atoms with Gasteiger partial charge in [-0.25, -0.2) is 0 Å². The lowest BCUT2D eigenvalue weighted by molar-refractivity contribution is 0.0295. The van der Waals surface area contributed by atoms with Crippen molar-refractivity contribution in [1.29, 1.82) is 0 Å². The molecule has 0 radical (unpaired) electrons. The van der Waals surface area contributed by atoms with E-state index in [9.17, 15) is 4.79 Å². The molecule has 0 unspecified atom stereocenters. The topological polar surface area (TPSA) is 42.0 Å². The summed E-state index contributed by atoms with van der Waals surface area (Å²) in [5, 5.41) is 0. The number of carbonyl (C=O) groups excluding carboxylic acids is 1. The van der Waals surface area contributed by atoms with Crippen molar-refractivity contribution in [3.8, 4) is 5.75 Å². The number of para-hydroxylation sites is 1. The quantitative estimate of drug-likeness (QED) is 0.830. The van der Waals surface area contributed by atoms with E-state index >= 15 is 0 Å². The van der Waals surface area contributed by atoms with E-state index in [-0.39, 0.29) is 5.91 Å². The average molecular weight is 332 g/mol. The van der Waals surface area contributed by atoms with Crippen LogP contribution in [-0.4, -0.2) is 68.3 Å². The zero-order valence-corrected chi connectivity index (χ0v) is 14.6. The van der Waals surface area contributed by atoms with Crippen molar-refractivity contribution in [2.45, 2.75) is 31.7 Å². The van der Waals surface area contributed by atoms with Crippen molar-refractivity contribution in [3.05, 3.63) is 29.8 Å². The third-order valence-corrected chi connectivity index (χ3v) is 5.11. The minimum atomic E-state index is 0.110. The first-order chi connectivity index (χ1) is 11.8. The standard InChI is InChI=1S/C19H28N2O3/c1-23-18-8-3-2-7-17(18)19(22)21-10-5-4-6-16(21)9-11-20-12-14-24-15-13-20/h2-3,7-8,16H,4-6,9-15H2,1H3/t16-/m0/s1. The Morgan fingerprint density at radius 3 is 2.79 bits per heavy atom. The molecule has 1 atom stereocenters. The van der Waals surface area contributed by atoms with Crippen molar-refractivity contribution in [2.75, 3.05) is 46.5 Å². The maximum Gasteiger partial charge on any atom is 0.257 e. The monoisotopic (exact) mass is 332 g/mol. The van der Waals surface area contributed by atoms with Gasteiger partial charge in [-0.05, 0) is 37.8 Å². The fraction of sp³-hybridized carbons (Fsp3) is 0.632. The van der Waals surface area contributed by atoms with Gasteiger partial charge >= 0.3 is 0 Å². The summed E-state index contributed by atoms with van der Waals surface area (Å²) in [5.41, 5.74) is 0.679. The molecule has 1 aromatic carbocycles. The second-order valence-corrected chi connectivity index (χ2v) is 6.59. The van der Waals surface area contributed by atoms with Crippen LogP contribution >= 0.6 is 0 Å². The Hall–Kier alpha value is -1.59. The molecule has 2 aliphatic rings. The highest BCUT2D eigenvalue weighted by atomic mass is 16.5. The molecule has 24 heavy (non-hydrogen) atoms. The molecule has 0 bridgehead atoms. The van der Waals surface area contributed by atoms with E-state index in [1.54, 1.807) is 7.11 Å². The van der Waals surface area contributed by atoms with Crippen LogP contribution in [0, 0.1) is 0 Å². The van der Waals surface area contributed by atoms with Gasteiger partial charge in [0.15, 0.2) is 0 Å². The minimum absolute atomic E-state index is 0.110. The predicted molar refractivity (Wildman–Crippen MR) is 93.5 cm³/mol. The molecule has 0 saturated carbocycles. The van der Waals surface area contributed by atoms with E-state index in [0.717, 1.165) is 58.7 Å². The number of ether oxygens (including phenoxy) is 2. The number of benzene rings is 1. The van der Waals surface area contributed by atoms with Gasteiger partial charge in [0.1, 0.15) is 5.75 Å². The molecule has 5 heteroatoms. The van der Waals surface area contributed by atoms with Crippen molar-refractivity contribution in [1.82, 2.24) is 9.80 Å². The largest absolute Gasteiger partial charge is 0.496 e. The molecule has 2 fully saturated rings. The number of carbonyl (C=O) groups is 1. The van der Waals surface area contributed by atoms with Gasteiger partial charge in [0.2, 0.25) is 0 Å². The number of methoxy groups -OCH3 is 1. The maximum absolute atomic E-state index is 13.1. The molecule has 3 rings (SSSR count). The molecule has 2 heterocycles. The first-order valence-corrected chi connectivity index (χ1v) is 9.03. The van der Waals surface area contributed by atoms with Crippen LogP contribution in [0.5, 0.6) is 5.75 Å². The summed E-state index contributed by atoms with van der Waals surface area (Å²) >= 11 is 0. The second-order valence-electron chi connectivity index (χ2n) is 6.59. The highest BCUT2D eigenvalue weighted by molar-refractivity contribution is 5.97. The molecule has 5 nitrogen and oxygen atoms in total. The second kappa shape index (κ2) is 8.49. The van der Waals surface area contributed by atoms with Crippen LogP contribution < -0.4 is 4.74 Å². The number of likely N-dealkylation sites (tertiary alicyclic amines) is 1. The lowest BCUT2D eigenvalue weighted by Gasteiger charge is -2.37. The number of rotatable bonds is 5. The normalized spacial score (nSPS) is 22.4. The summed E-state index contributed by atoms with van der Waals surface area (Å²) in [4.78, 5) is 17.6. The average Bonchev–Trinajstić information content (AvgIpc) is 2.67. The van der Waals surface area contributed by atoms with Crippen LogP contribution in [0.3, 0.4) is 0 Å². The predicted octanol–water partition coefficient (Wildman–Crippen LogP) is 2.41. The SMILES string of the molecule is COc1ccccc1C(=O)N1CCCC[C@H]1CCN1CCOCC1. The third-order valence-electron chi connectivity index (χ3n) is 5.11. The number of hydrogen-bond donors (Lipinski definition) is 0. The Kier molecular flexibility index (Phi) is 6.10. The van der Waals surface area contributed by atoms with Gasteiger partial charge in [0.05, 0.1) is 25.9 Å². The fourth-order valence-corrected chi connectivity index (χ4v) is 3.70. The highest BCUT2D eigenvalue weighted by Gasteiger charge is 2.29. The van der Waals surface area contributed by atoms with Crippen LogP contribution in [0.2, 0.25) is 0 Å². The van der Waals surface area contributed by atoms with Crippen molar-refractivity contribution < 1.29 is 14.3 Å². The Labute approximate surface area is 144 Å². The molecule has 0 aromatic heterocycles. The number of nitrogens with zero attached hydrogens (tertiary/aromatic N) is 2. The Bertz CT molecular complexity index is 543. The summed E-state index contributed by atoms with van der Waals surface area (Å²) < 4.78 is 10.8. The van der Waals surface area contributed by atoms with Crippen LogP contribution in [0.1, 0.15) is 36.0 Å². The lowest BCUT2D eigenvalue weighted by Crippen LogP contribution is -2.46. The molecule has 2 aliphatic heterocycles. The molecular weight excluding hydrogens is 304 g/mol. The zero-order chi connectivity index (χ0) is 16.8. The van der Waals surface area contributed by atoms with Crippen molar-refractivity contribution in [2.24, 2.45) is 0 Å². The summed E-state index contributed by atoms with van der Waals surface area (Å²) in [5.74, 6) is 0.777. The summed E-state index contributed by atoms with van der Waals surface area (Å²) in [6, 6.07) is 7.87. The number of piperidine rings is 1. The van der Waals surface area contributed by atoms with Gasteiger partial charge in [-0.3, -0.25) is 9.69 Å². The molecule has 0 N–H and O–H groups in total. The highest BCUT2D eigenvalue weighted by Crippen LogP contribution is 2.26. The summed E-state index contributed by atoms with van der Waals surface area (Å²) in [7, 11) is 1.62. The van der Waals surface area contributed by atoms with E-state index in [1.165, 1.54) is 6.42 Å². The van der Waals surface area contributed by atoms with Gasteiger partial charge in [0, 0.05) is 32.2 Å². The van der Waals surface area contributed by atoms with Gasteiger partial charge in [-0.1, -0.05) is 12.1 Å². The summed E-state index contributed by atoms with van der Waals surface area (Å²) in [6.07, 6.45) is 4.45. The number of amides is 1. The van der Waals surface area contributed by atoms with E-state index in [2.05, 4.69) is 9.80 Å². The molecular formula is C19H28N2O3. The van der Waals surface area contributed by atoms with E-state index in [1.807, 2.05) is 24.3 Å². The van der Waals surface area contributed by atoms with Gasteiger partial charge in [-0.2, -0.15) is 0 Å². The van der Waals surface area contributed by atoms with E-state index < -0.39 is 0 Å². The van der Waals surface area contributed by atoms with Crippen LogP contribution in [-0.2, 0) is 4.74 Å². The van der Waals surface area contributed by atoms with Crippen molar-refractivity contribution >= 4 is 5.91 Å². The van der Waals surface area contributed by atoms with Gasteiger partial charge in [-0.15, -0.1) is 0 Å². The molecule has 0 spiro atoms. The van der Waals surface area contributed by atoms with Gasteiger partial charge in [0.25, 0.3) is 5.91 Å². The number of hydrogen-bond acceptors (Lipinski definition) is 4. The Balaban J connectivity index is 1.65. The van der Waals surface area contributed by atoms with Crippen LogP contribution in [0.25, 0.3) is 0 Å². The van der Waals surface area contributed by atoms with E-state index in [0.29, 0.717) is 17.4 Å². The zero-order valence-electron chi connectivity index (χ0n) is 14.6. The van der Waals surface area contributed by atoms with E-state index in [4.69, 9.17) is 9.47 Å². The lowest BCUT2D eigenvalue weighted by atomic mass is 9.97. The first kappa shape index (κ1) is 17.2. The smallest absolute Gasteiger partial charge is 0.257 e.